The van der Waals surface area contributed by atoms with Gasteiger partial charge in [-0.3, -0.25) is 9.78 Å². The number of hydrogen-bond donors (Lipinski definition) is 0. The molecule has 3 rings (SSSR count). The second-order valence-electron chi connectivity index (χ2n) is 5.59. The van der Waals surface area contributed by atoms with E-state index >= 15 is 0 Å². The summed E-state index contributed by atoms with van der Waals surface area (Å²) in [5.74, 6) is 0.754. The number of carbonyl (C=O) groups excluding carboxylic acids is 1. The van der Waals surface area contributed by atoms with E-state index in [1.807, 2.05) is 29.5 Å². The number of aromatic nitrogens is 2. The molecule has 1 aliphatic rings. The largest absolute Gasteiger partial charge is 0.342 e. The summed E-state index contributed by atoms with van der Waals surface area (Å²) in [4.78, 5) is 22.8. The summed E-state index contributed by atoms with van der Waals surface area (Å²) in [6.45, 7) is 3.70. The molecule has 110 valence electrons. The molecule has 0 radical (unpaired) electrons. The van der Waals surface area contributed by atoms with Crippen LogP contribution in [0.1, 0.15) is 22.7 Å². The van der Waals surface area contributed by atoms with Gasteiger partial charge in [0.05, 0.1) is 17.1 Å². The molecule has 1 unspecified atom stereocenters. The van der Waals surface area contributed by atoms with Gasteiger partial charge in [-0.25, -0.2) is 4.98 Å². The fourth-order valence-corrected chi connectivity index (χ4v) is 3.45. The molecule has 2 aromatic rings. The van der Waals surface area contributed by atoms with E-state index in [4.69, 9.17) is 0 Å². The fraction of sp³-hybridized carbons (Fsp3) is 0.438. The highest BCUT2D eigenvalue weighted by Gasteiger charge is 2.26. The van der Waals surface area contributed by atoms with Gasteiger partial charge in [-0.05, 0) is 37.3 Å². The van der Waals surface area contributed by atoms with Gasteiger partial charge in [-0.2, -0.15) is 0 Å². The van der Waals surface area contributed by atoms with Crippen molar-refractivity contribution in [3.8, 4) is 0 Å². The van der Waals surface area contributed by atoms with Crippen molar-refractivity contribution in [1.29, 1.82) is 0 Å². The topological polar surface area (TPSA) is 46.1 Å². The van der Waals surface area contributed by atoms with E-state index in [2.05, 4.69) is 16.0 Å². The summed E-state index contributed by atoms with van der Waals surface area (Å²) in [6.07, 6.45) is 6.24. The standard InChI is InChI=1S/C16H19N3OS/c1-12-18-15(11-21-12)8-16(20)19-6-4-14(10-19)7-13-3-2-5-17-9-13/h2-3,5,9,11,14H,4,6-8,10H2,1H3. The van der Waals surface area contributed by atoms with Crippen LogP contribution in [0.5, 0.6) is 0 Å². The predicted molar refractivity (Wildman–Crippen MR) is 83.2 cm³/mol. The zero-order valence-corrected chi connectivity index (χ0v) is 13.0. The molecular formula is C16H19N3OS. The Labute approximate surface area is 128 Å². The van der Waals surface area contributed by atoms with Crippen molar-refractivity contribution < 1.29 is 4.79 Å². The summed E-state index contributed by atoms with van der Waals surface area (Å²) in [6, 6.07) is 4.08. The Kier molecular flexibility index (Phi) is 4.29. The predicted octanol–water partition coefficient (Wildman–Crippen LogP) is 2.48. The lowest BCUT2D eigenvalue weighted by atomic mass is 10.0. The second kappa shape index (κ2) is 6.35. The van der Waals surface area contributed by atoms with Crippen molar-refractivity contribution in [2.45, 2.75) is 26.2 Å². The summed E-state index contributed by atoms with van der Waals surface area (Å²) in [5, 5.41) is 3.00. The first-order valence-corrected chi connectivity index (χ1v) is 8.16. The van der Waals surface area contributed by atoms with E-state index in [-0.39, 0.29) is 5.91 Å². The SMILES string of the molecule is Cc1nc(CC(=O)N2CCC(Cc3cccnc3)C2)cs1. The Morgan fingerprint density at radius 3 is 3.14 bits per heavy atom. The first-order chi connectivity index (χ1) is 10.2. The number of thiazole rings is 1. The molecule has 2 aromatic heterocycles. The van der Waals surface area contributed by atoms with E-state index in [1.165, 1.54) is 5.56 Å². The summed E-state index contributed by atoms with van der Waals surface area (Å²) in [7, 11) is 0. The zero-order chi connectivity index (χ0) is 14.7. The Balaban J connectivity index is 1.53. The van der Waals surface area contributed by atoms with Crippen molar-refractivity contribution in [3.05, 3.63) is 46.2 Å². The third-order valence-corrected chi connectivity index (χ3v) is 4.71. The van der Waals surface area contributed by atoms with Gasteiger partial charge in [0.25, 0.3) is 0 Å². The number of hydrogen-bond acceptors (Lipinski definition) is 4. The molecule has 0 aromatic carbocycles. The number of likely N-dealkylation sites (tertiary alicyclic amines) is 1. The van der Waals surface area contributed by atoms with Crippen LogP contribution in [0.25, 0.3) is 0 Å². The maximum absolute atomic E-state index is 12.3. The van der Waals surface area contributed by atoms with Gasteiger partial charge < -0.3 is 4.90 Å². The van der Waals surface area contributed by atoms with Crippen molar-refractivity contribution in [2.75, 3.05) is 13.1 Å². The Bertz CT molecular complexity index is 611. The highest BCUT2D eigenvalue weighted by molar-refractivity contribution is 7.09. The van der Waals surface area contributed by atoms with Gasteiger partial charge in [-0.15, -0.1) is 11.3 Å². The molecule has 21 heavy (non-hydrogen) atoms. The number of amides is 1. The minimum absolute atomic E-state index is 0.203. The molecule has 1 atom stereocenters. The molecule has 0 spiro atoms. The third kappa shape index (κ3) is 3.67. The normalized spacial score (nSPS) is 18.1. The van der Waals surface area contributed by atoms with Crippen LogP contribution < -0.4 is 0 Å². The van der Waals surface area contributed by atoms with E-state index in [0.29, 0.717) is 12.3 Å². The Morgan fingerprint density at radius 2 is 2.43 bits per heavy atom. The van der Waals surface area contributed by atoms with Gasteiger partial charge >= 0.3 is 0 Å². The van der Waals surface area contributed by atoms with Gasteiger partial charge in [0.2, 0.25) is 5.91 Å². The van der Waals surface area contributed by atoms with Crippen LogP contribution in [0.3, 0.4) is 0 Å². The van der Waals surface area contributed by atoms with Crippen LogP contribution in [0.4, 0.5) is 0 Å². The number of rotatable bonds is 4. The Morgan fingerprint density at radius 1 is 1.52 bits per heavy atom. The number of pyridine rings is 1. The molecule has 1 amide bonds. The molecule has 0 bridgehead atoms. The van der Waals surface area contributed by atoms with Gasteiger partial charge in [-0.1, -0.05) is 6.07 Å². The van der Waals surface area contributed by atoms with E-state index in [9.17, 15) is 4.79 Å². The molecule has 0 aliphatic carbocycles. The van der Waals surface area contributed by atoms with Crippen LogP contribution in [0.2, 0.25) is 0 Å². The molecule has 0 saturated carbocycles. The molecule has 5 heteroatoms. The van der Waals surface area contributed by atoms with Crippen molar-refractivity contribution in [3.63, 3.8) is 0 Å². The van der Waals surface area contributed by atoms with Crippen molar-refractivity contribution in [2.24, 2.45) is 5.92 Å². The monoisotopic (exact) mass is 301 g/mol. The minimum Gasteiger partial charge on any atom is -0.342 e. The maximum Gasteiger partial charge on any atom is 0.228 e. The van der Waals surface area contributed by atoms with E-state index in [1.54, 1.807) is 17.5 Å². The van der Waals surface area contributed by atoms with Crippen LogP contribution in [0.15, 0.2) is 29.9 Å². The third-order valence-electron chi connectivity index (χ3n) is 3.88. The summed E-state index contributed by atoms with van der Waals surface area (Å²) < 4.78 is 0. The first-order valence-electron chi connectivity index (χ1n) is 7.28. The molecule has 3 heterocycles. The molecular weight excluding hydrogens is 282 g/mol. The van der Waals surface area contributed by atoms with Crippen LogP contribution >= 0.6 is 11.3 Å². The lowest BCUT2D eigenvalue weighted by Gasteiger charge is -2.16. The lowest BCUT2D eigenvalue weighted by molar-refractivity contribution is -0.129. The summed E-state index contributed by atoms with van der Waals surface area (Å²) >= 11 is 1.60. The second-order valence-corrected chi connectivity index (χ2v) is 6.66. The average Bonchev–Trinajstić information content (AvgIpc) is 3.09. The fourth-order valence-electron chi connectivity index (χ4n) is 2.83. The van der Waals surface area contributed by atoms with Crippen LogP contribution in [-0.2, 0) is 17.6 Å². The van der Waals surface area contributed by atoms with E-state index in [0.717, 1.165) is 36.6 Å². The van der Waals surface area contributed by atoms with Crippen LogP contribution in [-0.4, -0.2) is 33.9 Å². The summed E-state index contributed by atoms with van der Waals surface area (Å²) in [5.41, 5.74) is 2.16. The lowest BCUT2D eigenvalue weighted by Crippen LogP contribution is -2.30. The van der Waals surface area contributed by atoms with Crippen LogP contribution in [0, 0.1) is 12.8 Å². The van der Waals surface area contributed by atoms with Gasteiger partial charge in [0.15, 0.2) is 0 Å². The highest BCUT2D eigenvalue weighted by atomic mass is 32.1. The van der Waals surface area contributed by atoms with E-state index < -0.39 is 0 Å². The van der Waals surface area contributed by atoms with Gasteiger partial charge in [0.1, 0.15) is 0 Å². The molecule has 1 aliphatic heterocycles. The van der Waals surface area contributed by atoms with Gasteiger partial charge in [0, 0.05) is 30.9 Å². The maximum atomic E-state index is 12.3. The zero-order valence-electron chi connectivity index (χ0n) is 12.2. The number of carbonyl (C=O) groups is 1. The Hall–Kier alpha value is -1.75. The molecule has 1 fully saturated rings. The quantitative estimate of drug-likeness (QED) is 0.871. The smallest absolute Gasteiger partial charge is 0.228 e. The molecule has 1 saturated heterocycles. The van der Waals surface area contributed by atoms with Crippen molar-refractivity contribution >= 4 is 17.2 Å². The first kappa shape index (κ1) is 14.2. The average molecular weight is 301 g/mol. The molecule has 0 N–H and O–H groups in total. The number of nitrogens with zero attached hydrogens (tertiary/aromatic N) is 3. The van der Waals surface area contributed by atoms with Crippen molar-refractivity contribution in [1.82, 2.24) is 14.9 Å². The molecule has 4 nitrogen and oxygen atoms in total. The number of aryl methyl sites for hydroxylation is 1. The highest BCUT2D eigenvalue weighted by Crippen LogP contribution is 2.21. The minimum atomic E-state index is 0.203.